The molecule has 2 aliphatic rings. The van der Waals surface area contributed by atoms with Gasteiger partial charge in [-0.25, -0.2) is 0 Å². The molecule has 2 aliphatic heterocycles. The van der Waals surface area contributed by atoms with Crippen molar-refractivity contribution >= 4 is 11.8 Å². The van der Waals surface area contributed by atoms with E-state index in [9.17, 15) is 9.59 Å². The molecule has 2 amide bonds. The van der Waals surface area contributed by atoms with Gasteiger partial charge in [0.1, 0.15) is 0 Å². The molecule has 2 saturated heterocycles. The van der Waals surface area contributed by atoms with Crippen LogP contribution in [0.1, 0.15) is 25.7 Å². The number of rotatable bonds is 3. The van der Waals surface area contributed by atoms with Crippen LogP contribution in [0, 0.1) is 5.92 Å². The molecule has 0 spiro atoms. The Balaban J connectivity index is 1.78. The molecule has 1 atom stereocenters. The zero-order chi connectivity index (χ0) is 9.97. The number of nitrogens with one attached hydrogen (secondary N) is 1. The Kier molecular flexibility index (Phi) is 2.82. The number of amides is 2. The van der Waals surface area contributed by atoms with Gasteiger partial charge in [-0.2, -0.15) is 0 Å². The molecule has 1 N–H and O–H groups in total. The van der Waals surface area contributed by atoms with Crippen molar-refractivity contribution in [3.63, 3.8) is 0 Å². The van der Waals surface area contributed by atoms with Crippen molar-refractivity contribution in [1.82, 2.24) is 10.2 Å². The van der Waals surface area contributed by atoms with Crippen molar-refractivity contribution in [2.75, 3.05) is 19.6 Å². The summed E-state index contributed by atoms with van der Waals surface area (Å²) in [5, 5.41) is 3.28. The number of carbonyl (C=O) groups is 2. The fourth-order valence-corrected chi connectivity index (χ4v) is 2.14. The van der Waals surface area contributed by atoms with Gasteiger partial charge in [0.05, 0.1) is 0 Å². The number of nitrogens with zero attached hydrogens (tertiary/aromatic N) is 1. The summed E-state index contributed by atoms with van der Waals surface area (Å²) in [5.74, 6) is 0.679. The predicted octanol–water partition coefficient (Wildman–Crippen LogP) is 0.135. The largest absolute Gasteiger partial charge is 0.316 e. The van der Waals surface area contributed by atoms with Gasteiger partial charge < -0.3 is 5.32 Å². The molecule has 14 heavy (non-hydrogen) atoms. The molecule has 2 fully saturated rings. The number of hydrogen-bond acceptors (Lipinski definition) is 3. The van der Waals surface area contributed by atoms with Crippen molar-refractivity contribution in [2.45, 2.75) is 25.7 Å². The number of hydrogen-bond donors (Lipinski definition) is 1. The van der Waals surface area contributed by atoms with Gasteiger partial charge in [0.25, 0.3) is 0 Å². The highest BCUT2D eigenvalue weighted by molar-refractivity contribution is 6.01. The summed E-state index contributed by atoms with van der Waals surface area (Å²) >= 11 is 0. The van der Waals surface area contributed by atoms with Gasteiger partial charge in [0, 0.05) is 19.4 Å². The zero-order valence-corrected chi connectivity index (χ0v) is 8.29. The summed E-state index contributed by atoms with van der Waals surface area (Å²) in [4.78, 5) is 24.0. The van der Waals surface area contributed by atoms with E-state index in [2.05, 4.69) is 5.32 Å². The highest BCUT2D eigenvalue weighted by Crippen LogP contribution is 2.17. The van der Waals surface area contributed by atoms with E-state index >= 15 is 0 Å². The van der Waals surface area contributed by atoms with Crippen LogP contribution >= 0.6 is 0 Å². The van der Waals surface area contributed by atoms with Crippen molar-refractivity contribution < 1.29 is 9.59 Å². The number of carbonyl (C=O) groups excluding carboxylic acids is 2. The molecule has 0 aromatic rings. The molecule has 0 bridgehead atoms. The number of likely N-dealkylation sites (tertiary alicyclic amines) is 1. The maximum absolute atomic E-state index is 11.3. The third kappa shape index (κ3) is 1.95. The first-order chi connectivity index (χ1) is 6.77. The van der Waals surface area contributed by atoms with Gasteiger partial charge in [-0.05, 0) is 31.8 Å². The average Bonchev–Trinajstić information content (AvgIpc) is 2.76. The Bertz CT molecular complexity index is 231. The lowest BCUT2D eigenvalue weighted by Crippen LogP contribution is -2.31. The quantitative estimate of drug-likeness (QED) is 0.653. The van der Waals surface area contributed by atoms with Crippen LogP contribution in [-0.4, -0.2) is 36.3 Å². The fraction of sp³-hybridized carbons (Fsp3) is 0.800. The van der Waals surface area contributed by atoms with E-state index < -0.39 is 0 Å². The Morgan fingerprint density at radius 3 is 2.57 bits per heavy atom. The molecule has 0 saturated carbocycles. The van der Waals surface area contributed by atoms with E-state index in [1.54, 1.807) is 0 Å². The summed E-state index contributed by atoms with van der Waals surface area (Å²) < 4.78 is 0. The van der Waals surface area contributed by atoms with Crippen molar-refractivity contribution in [3.05, 3.63) is 0 Å². The summed E-state index contributed by atoms with van der Waals surface area (Å²) in [6.45, 7) is 2.74. The van der Waals surface area contributed by atoms with Crippen LogP contribution in [0.2, 0.25) is 0 Å². The molecule has 2 heterocycles. The van der Waals surface area contributed by atoms with Gasteiger partial charge in [0.15, 0.2) is 0 Å². The normalized spacial score (nSPS) is 27.7. The maximum Gasteiger partial charge on any atom is 0.229 e. The van der Waals surface area contributed by atoms with Crippen LogP contribution in [0.3, 0.4) is 0 Å². The molecule has 0 aromatic heterocycles. The molecular weight excluding hydrogens is 180 g/mol. The molecule has 4 heteroatoms. The Morgan fingerprint density at radius 2 is 2.00 bits per heavy atom. The molecular formula is C10H16N2O2. The molecule has 2 rings (SSSR count). The summed E-state index contributed by atoms with van der Waals surface area (Å²) in [7, 11) is 0. The standard InChI is InChI=1S/C10H16N2O2/c13-9-1-2-10(14)12(9)6-4-8-3-5-11-7-8/h8,11H,1-7H2. The molecule has 0 aliphatic carbocycles. The van der Waals surface area contributed by atoms with E-state index in [-0.39, 0.29) is 11.8 Å². The second-order valence-electron chi connectivity index (χ2n) is 4.09. The van der Waals surface area contributed by atoms with E-state index in [0.717, 1.165) is 19.5 Å². The fourth-order valence-electron chi connectivity index (χ4n) is 2.14. The van der Waals surface area contributed by atoms with E-state index in [1.807, 2.05) is 0 Å². The molecule has 1 unspecified atom stereocenters. The van der Waals surface area contributed by atoms with Crippen LogP contribution in [-0.2, 0) is 9.59 Å². The van der Waals surface area contributed by atoms with Gasteiger partial charge >= 0.3 is 0 Å². The van der Waals surface area contributed by atoms with Crippen molar-refractivity contribution in [1.29, 1.82) is 0 Å². The monoisotopic (exact) mass is 196 g/mol. The molecule has 0 aromatic carbocycles. The van der Waals surface area contributed by atoms with Crippen LogP contribution in [0.4, 0.5) is 0 Å². The van der Waals surface area contributed by atoms with Gasteiger partial charge in [-0.15, -0.1) is 0 Å². The second-order valence-corrected chi connectivity index (χ2v) is 4.09. The SMILES string of the molecule is O=C1CCC(=O)N1CCC1CCNC1. The van der Waals surface area contributed by atoms with E-state index in [0.29, 0.717) is 25.3 Å². The van der Waals surface area contributed by atoms with E-state index in [1.165, 1.54) is 11.3 Å². The van der Waals surface area contributed by atoms with Crippen molar-refractivity contribution in [2.24, 2.45) is 5.92 Å². The summed E-state index contributed by atoms with van der Waals surface area (Å²) in [6.07, 6.45) is 2.98. The highest BCUT2D eigenvalue weighted by Gasteiger charge is 2.29. The third-order valence-corrected chi connectivity index (χ3v) is 3.08. The third-order valence-electron chi connectivity index (χ3n) is 3.08. The minimum absolute atomic E-state index is 0.0148. The van der Waals surface area contributed by atoms with Gasteiger partial charge in [-0.3, -0.25) is 14.5 Å². The van der Waals surface area contributed by atoms with E-state index in [4.69, 9.17) is 0 Å². The lowest BCUT2D eigenvalue weighted by Gasteiger charge is -2.15. The minimum Gasteiger partial charge on any atom is -0.316 e. The van der Waals surface area contributed by atoms with Gasteiger partial charge in [-0.1, -0.05) is 0 Å². The van der Waals surface area contributed by atoms with Gasteiger partial charge in [0.2, 0.25) is 11.8 Å². The molecule has 4 nitrogen and oxygen atoms in total. The summed E-state index contributed by atoms with van der Waals surface area (Å²) in [5.41, 5.74) is 0. The van der Waals surface area contributed by atoms with Crippen LogP contribution < -0.4 is 5.32 Å². The first-order valence-corrected chi connectivity index (χ1v) is 5.31. The molecule has 0 radical (unpaired) electrons. The molecule has 78 valence electrons. The first kappa shape index (κ1) is 9.65. The lowest BCUT2D eigenvalue weighted by molar-refractivity contribution is -0.138. The number of imide groups is 1. The minimum atomic E-state index is 0.0148. The average molecular weight is 196 g/mol. The maximum atomic E-state index is 11.3. The lowest BCUT2D eigenvalue weighted by atomic mass is 10.1. The Morgan fingerprint density at radius 1 is 1.29 bits per heavy atom. The highest BCUT2D eigenvalue weighted by atomic mass is 16.2. The first-order valence-electron chi connectivity index (χ1n) is 5.31. The topological polar surface area (TPSA) is 49.4 Å². The zero-order valence-electron chi connectivity index (χ0n) is 8.29. The Labute approximate surface area is 83.6 Å². The Hall–Kier alpha value is -0.900. The van der Waals surface area contributed by atoms with Crippen molar-refractivity contribution in [3.8, 4) is 0 Å². The van der Waals surface area contributed by atoms with Crippen LogP contribution in [0.15, 0.2) is 0 Å². The van der Waals surface area contributed by atoms with Crippen LogP contribution in [0.5, 0.6) is 0 Å². The summed E-state index contributed by atoms with van der Waals surface area (Å²) in [6, 6.07) is 0. The smallest absolute Gasteiger partial charge is 0.229 e. The predicted molar refractivity (Wildman–Crippen MR) is 51.5 cm³/mol. The second kappa shape index (κ2) is 4.09. The van der Waals surface area contributed by atoms with Crippen LogP contribution in [0.25, 0.3) is 0 Å².